The van der Waals surface area contributed by atoms with Crippen LogP contribution >= 0.6 is 0 Å². The van der Waals surface area contributed by atoms with E-state index in [1.165, 1.54) is 0 Å². The zero-order chi connectivity index (χ0) is 14.8. The summed E-state index contributed by atoms with van der Waals surface area (Å²) in [5, 5.41) is 12.3. The van der Waals surface area contributed by atoms with Gasteiger partial charge in [-0.05, 0) is 33.7 Å². The molecular weight excluding hydrogens is 264 g/mol. The summed E-state index contributed by atoms with van der Waals surface area (Å²) in [5.41, 5.74) is 0.543. The first kappa shape index (κ1) is 13.1. The molecule has 0 heterocycles. The highest BCUT2D eigenvalue weighted by Gasteiger charge is 2.12. The third-order valence-electron chi connectivity index (χ3n) is 3.39. The molecule has 21 heavy (non-hydrogen) atoms. The van der Waals surface area contributed by atoms with E-state index in [1.54, 1.807) is 0 Å². The molecule has 0 spiro atoms. The summed E-state index contributed by atoms with van der Waals surface area (Å²) in [4.78, 5) is 23.1. The van der Waals surface area contributed by atoms with Crippen molar-refractivity contribution < 1.29 is 14.7 Å². The van der Waals surface area contributed by atoms with Gasteiger partial charge in [-0.15, -0.1) is 0 Å². The molecular formula is C18H12O3. The Bertz CT molecular complexity index is 837. The van der Waals surface area contributed by atoms with Gasteiger partial charge in [0.15, 0.2) is 5.78 Å². The Kier molecular flexibility index (Phi) is 3.24. The molecule has 0 saturated heterocycles. The van der Waals surface area contributed by atoms with Crippen molar-refractivity contribution in [3.8, 4) is 0 Å². The molecule has 3 rings (SSSR count). The lowest BCUT2D eigenvalue weighted by atomic mass is 9.94. The van der Waals surface area contributed by atoms with E-state index in [4.69, 9.17) is 5.11 Å². The lowest BCUT2D eigenvalue weighted by Crippen LogP contribution is -1.99. The molecule has 0 amide bonds. The van der Waals surface area contributed by atoms with Gasteiger partial charge in [-0.3, -0.25) is 4.79 Å². The van der Waals surface area contributed by atoms with Crippen molar-refractivity contribution in [2.24, 2.45) is 0 Å². The van der Waals surface area contributed by atoms with Crippen LogP contribution in [-0.4, -0.2) is 16.9 Å². The van der Waals surface area contributed by atoms with Gasteiger partial charge in [0, 0.05) is 11.6 Å². The van der Waals surface area contributed by atoms with Crippen LogP contribution in [0.5, 0.6) is 0 Å². The lowest BCUT2D eigenvalue weighted by Gasteiger charge is -2.08. The number of carboxylic acids is 1. The fourth-order valence-corrected chi connectivity index (χ4v) is 2.51. The number of benzene rings is 3. The van der Waals surface area contributed by atoms with Crippen molar-refractivity contribution in [3.05, 3.63) is 72.3 Å². The molecule has 0 aliphatic heterocycles. The van der Waals surface area contributed by atoms with Crippen molar-refractivity contribution in [1.82, 2.24) is 0 Å². The van der Waals surface area contributed by atoms with Crippen LogP contribution in [0.2, 0.25) is 0 Å². The monoisotopic (exact) mass is 276 g/mol. The number of aliphatic carboxylic acids is 1. The van der Waals surface area contributed by atoms with Crippen LogP contribution in [0.1, 0.15) is 10.4 Å². The summed E-state index contributed by atoms with van der Waals surface area (Å²) in [7, 11) is 0. The Morgan fingerprint density at radius 3 is 1.86 bits per heavy atom. The second-order valence-corrected chi connectivity index (χ2v) is 4.73. The van der Waals surface area contributed by atoms with Gasteiger partial charge >= 0.3 is 5.97 Å². The molecule has 3 aromatic carbocycles. The fourth-order valence-electron chi connectivity index (χ4n) is 2.51. The number of fused-ring (bicyclic) bond motifs is 2. The Morgan fingerprint density at radius 1 is 0.810 bits per heavy atom. The predicted octanol–water partition coefficient (Wildman–Crippen LogP) is 3.82. The van der Waals surface area contributed by atoms with Gasteiger partial charge in [0.05, 0.1) is 0 Å². The average molecular weight is 276 g/mol. The minimum Gasteiger partial charge on any atom is -0.478 e. The maximum Gasteiger partial charge on any atom is 0.328 e. The maximum absolute atomic E-state index is 12.4. The predicted molar refractivity (Wildman–Crippen MR) is 82.6 cm³/mol. The Morgan fingerprint density at radius 2 is 1.33 bits per heavy atom. The minimum absolute atomic E-state index is 0.301. The van der Waals surface area contributed by atoms with E-state index >= 15 is 0 Å². The van der Waals surface area contributed by atoms with Crippen LogP contribution in [0.3, 0.4) is 0 Å². The first-order chi connectivity index (χ1) is 10.2. The topological polar surface area (TPSA) is 54.4 Å². The zero-order valence-corrected chi connectivity index (χ0v) is 11.1. The lowest BCUT2D eigenvalue weighted by molar-refractivity contribution is -0.131. The van der Waals surface area contributed by atoms with E-state index < -0.39 is 5.97 Å². The molecule has 3 heteroatoms. The van der Waals surface area contributed by atoms with Crippen molar-refractivity contribution >= 4 is 33.3 Å². The number of allylic oxidation sites excluding steroid dienone is 1. The average Bonchev–Trinajstić information content (AvgIpc) is 2.50. The smallest absolute Gasteiger partial charge is 0.328 e. The van der Waals surface area contributed by atoms with Crippen molar-refractivity contribution in [3.63, 3.8) is 0 Å². The number of carbonyl (C=O) groups is 2. The number of hydrogen-bond donors (Lipinski definition) is 1. The number of ketones is 1. The quantitative estimate of drug-likeness (QED) is 0.449. The Hall–Kier alpha value is -2.94. The molecule has 0 bridgehead atoms. The van der Waals surface area contributed by atoms with E-state index in [0.29, 0.717) is 5.56 Å². The normalized spacial score (nSPS) is 11.2. The molecule has 0 radical (unpaired) electrons. The highest BCUT2D eigenvalue weighted by Crippen LogP contribution is 2.29. The molecule has 3 aromatic rings. The summed E-state index contributed by atoms with van der Waals surface area (Å²) < 4.78 is 0. The van der Waals surface area contributed by atoms with Crippen molar-refractivity contribution in [2.75, 3.05) is 0 Å². The standard InChI is InChI=1S/C18H12O3/c19-16(9-10-17(20)21)18-14-7-3-1-5-12(14)11-13-6-2-4-8-15(13)18/h1-11H,(H,20,21). The summed E-state index contributed by atoms with van der Waals surface area (Å²) in [5.74, 6) is -1.43. The molecule has 1 N–H and O–H groups in total. The first-order valence-electron chi connectivity index (χ1n) is 6.52. The highest BCUT2D eigenvalue weighted by molar-refractivity contribution is 6.23. The number of rotatable bonds is 3. The van der Waals surface area contributed by atoms with Crippen LogP contribution < -0.4 is 0 Å². The molecule has 0 aliphatic carbocycles. The summed E-state index contributed by atoms with van der Waals surface area (Å²) in [6, 6.07) is 17.2. The van der Waals surface area contributed by atoms with Crippen LogP contribution in [0, 0.1) is 0 Å². The van der Waals surface area contributed by atoms with Crippen LogP contribution in [0.4, 0.5) is 0 Å². The van der Waals surface area contributed by atoms with E-state index in [1.807, 2.05) is 54.6 Å². The molecule has 3 nitrogen and oxygen atoms in total. The van der Waals surface area contributed by atoms with E-state index in [9.17, 15) is 9.59 Å². The molecule has 102 valence electrons. The Balaban J connectivity index is 2.35. The van der Waals surface area contributed by atoms with Crippen molar-refractivity contribution in [1.29, 1.82) is 0 Å². The number of hydrogen-bond acceptors (Lipinski definition) is 2. The summed E-state index contributed by atoms with van der Waals surface area (Å²) in [6.45, 7) is 0. The summed E-state index contributed by atoms with van der Waals surface area (Å²) >= 11 is 0. The van der Waals surface area contributed by atoms with Crippen molar-refractivity contribution in [2.45, 2.75) is 0 Å². The third-order valence-corrected chi connectivity index (χ3v) is 3.39. The van der Waals surface area contributed by atoms with Gasteiger partial charge in [0.2, 0.25) is 0 Å². The third kappa shape index (κ3) is 2.41. The first-order valence-corrected chi connectivity index (χ1v) is 6.52. The molecule has 0 unspecified atom stereocenters. The van der Waals surface area contributed by atoms with E-state index in [0.717, 1.165) is 33.7 Å². The van der Waals surface area contributed by atoms with Gasteiger partial charge in [0.1, 0.15) is 0 Å². The van der Waals surface area contributed by atoms with E-state index in [2.05, 4.69) is 0 Å². The SMILES string of the molecule is O=C(O)C=CC(=O)c1c2ccccc2cc2ccccc12. The van der Waals surface area contributed by atoms with Gasteiger partial charge in [-0.25, -0.2) is 4.79 Å². The van der Waals surface area contributed by atoms with Gasteiger partial charge in [0.25, 0.3) is 0 Å². The zero-order valence-electron chi connectivity index (χ0n) is 11.1. The molecule has 0 saturated carbocycles. The molecule has 0 aromatic heterocycles. The van der Waals surface area contributed by atoms with E-state index in [-0.39, 0.29) is 5.78 Å². The van der Waals surface area contributed by atoms with Gasteiger partial charge < -0.3 is 5.11 Å². The molecule has 0 atom stereocenters. The van der Waals surface area contributed by atoms with Crippen LogP contribution in [0.15, 0.2) is 66.7 Å². The Labute approximate surface area is 121 Å². The second-order valence-electron chi connectivity index (χ2n) is 4.73. The van der Waals surface area contributed by atoms with Crippen LogP contribution in [-0.2, 0) is 4.79 Å². The molecule has 0 aliphatic rings. The maximum atomic E-state index is 12.4. The minimum atomic E-state index is -1.13. The second kappa shape index (κ2) is 5.21. The van der Waals surface area contributed by atoms with Gasteiger partial charge in [-0.2, -0.15) is 0 Å². The highest BCUT2D eigenvalue weighted by atomic mass is 16.4. The molecule has 0 fully saturated rings. The number of carbonyl (C=O) groups excluding carboxylic acids is 1. The fraction of sp³-hybridized carbons (Fsp3) is 0. The number of carboxylic acid groups (broad SMARTS) is 1. The van der Waals surface area contributed by atoms with Gasteiger partial charge in [-0.1, -0.05) is 48.5 Å². The summed E-state index contributed by atoms with van der Waals surface area (Å²) in [6.07, 6.45) is 1.98. The van der Waals surface area contributed by atoms with Crippen LogP contribution in [0.25, 0.3) is 21.5 Å². The largest absolute Gasteiger partial charge is 0.478 e.